The van der Waals surface area contributed by atoms with Crippen molar-refractivity contribution in [3.63, 3.8) is 0 Å². The summed E-state index contributed by atoms with van der Waals surface area (Å²) in [6, 6.07) is 5.32. The molecular formula is C11H13NO5. The van der Waals surface area contributed by atoms with Crippen molar-refractivity contribution in [2.75, 3.05) is 27.1 Å². The Hall–Kier alpha value is -2.11. The molecule has 0 radical (unpaired) electrons. The number of benzene rings is 1. The number of amides is 1. The minimum Gasteiger partial charge on any atom is -0.492 e. The zero-order chi connectivity index (χ0) is 12.1. The number of hydrogen-bond donors (Lipinski definition) is 1. The Morgan fingerprint density at radius 1 is 1.41 bits per heavy atom. The number of alkyl carbamates (subject to hydrolysis) is 1. The minimum absolute atomic E-state index is 0.239. The normalized spacial score (nSPS) is 12.1. The summed E-state index contributed by atoms with van der Waals surface area (Å²) in [5.74, 6) is 2.05. The van der Waals surface area contributed by atoms with E-state index in [1.54, 1.807) is 18.2 Å². The first kappa shape index (κ1) is 11.4. The van der Waals surface area contributed by atoms with Crippen LogP contribution in [0.1, 0.15) is 0 Å². The van der Waals surface area contributed by atoms with Crippen molar-refractivity contribution in [1.82, 2.24) is 5.32 Å². The van der Waals surface area contributed by atoms with Gasteiger partial charge in [0.15, 0.2) is 11.5 Å². The van der Waals surface area contributed by atoms with Gasteiger partial charge in [-0.15, -0.1) is 0 Å². The Morgan fingerprint density at radius 3 is 3.06 bits per heavy atom. The Labute approximate surface area is 98.4 Å². The molecule has 17 heavy (non-hydrogen) atoms. The van der Waals surface area contributed by atoms with Gasteiger partial charge in [-0.05, 0) is 12.1 Å². The number of ether oxygens (including phenoxy) is 4. The molecule has 0 saturated carbocycles. The van der Waals surface area contributed by atoms with Crippen molar-refractivity contribution in [2.24, 2.45) is 0 Å². The van der Waals surface area contributed by atoms with Gasteiger partial charge in [-0.2, -0.15) is 0 Å². The van der Waals surface area contributed by atoms with Crippen LogP contribution in [0.15, 0.2) is 18.2 Å². The van der Waals surface area contributed by atoms with E-state index in [-0.39, 0.29) is 6.79 Å². The van der Waals surface area contributed by atoms with Crippen LogP contribution in [0, 0.1) is 0 Å². The Morgan fingerprint density at radius 2 is 2.24 bits per heavy atom. The van der Waals surface area contributed by atoms with Crippen LogP contribution in [0.25, 0.3) is 0 Å². The molecule has 0 unspecified atom stereocenters. The summed E-state index contributed by atoms with van der Waals surface area (Å²) in [7, 11) is 1.31. The average molecular weight is 239 g/mol. The third kappa shape index (κ3) is 2.93. The van der Waals surface area contributed by atoms with Gasteiger partial charge in [0.05, 0.1) is 13.7 Å². The molecule has 1 N–H and O–H groups in total. The first-order valence-corrected chi connectivity index (χ1v) is 5.14. The molecule has 0 bridgehead atoms. The molecule has 6 nitrogen and oxygen atoms in total. The fourth-order valence-electron chi connectivity index (χ4n) is 1.36. The van der Waals surface area contributed by atoms with Gasteiger partial charge in [0.1, 0.15) is 12.4 Å². The molecule has 1 amide bonds. The highest BCUT2D eigenvalue weighted by Crippen LogP contribution is 2.34. The summed E-state index contributed by atoms with van der Waals surface area (Å²) in [4.78, 5) is 10.8. The Balaban J connectivity index is 1.78. The molecule has 0 saturated heterocycles. The first-order chi connectivity index (χ1) is 8.29. The monoisotopic (exact) mass is 239 g/mol. The molecule has 0 spiro atoms. The van der Waals surface area contributed by atoms with Crippen molar-refractivity contribution < 1.29 is 23.7 Å². The second-order valence-corrected chi connectivity index (χ2v) is 3.28. The van der Waals surface area contributed by atoms with Crippen LogP contribution >= 0.6 is 0 Å². The lowest BCUT2D eigenvalue weighted by Crippen LogP contribution is -2.27. The van der Waals surface area contributed by atoms with Crippen LogP contribution in [-0.4, -0.2) is 33.1 Å². The highest BCUT2D eigenvalue weighted by Gasteiger charge is 2.13. The van der Waals surface area contributed by atoms with Gasteiger partial charge in [-0.3, -0.25) is 0 Å². The van der Waals surface area contributed by atoms with E-state index in [0.29, 0.717) is 30.4 Å². The van der Waals surface area contributed by atoms with Crippen molar-refractivity contribution in [2.45, 2.75) is 0 Å². The molecule has 0 atom stereocenters. The lowest BCUT2D eigenvalue weighted by atomic mass is 10.3. The van der Waals surface area contributed by atoms with Crippen LogP contribution in [0.2, 0.25) is 0 Å². The third-order valence-electron chi connectivity index (χ3n) is 2.17. The van der Waals surface area contributed by atoms with Gasteiger partial charge in [0.25, 0.3) is 0 Å². The maximum atomic E-state index is 10.8. The summed E-state index contributed by atoms with van der Waals surface area (Å²) in [5.41, 5.74) is 0. The molecule has 0 aliphatic carbocycles. The fraction of sp³-hybridized carbons (Fsp3) is 0.364. The SMILES string of the molecule is COC(=O)NCCOc1ccc2c(c1)OCO2. The van der Waals surface area contributed by atoms with Crippen LogP contribution in [-0.2, 0) is 4.74 Å². The van der Waals surface area contributed by atoms with E-state index in [4.69, 9.17) is 14.2 Å². The van der Waals surface area contributed by atoms with Crippen LogP contribution in [0.3, 0.4) is 0 Å². The highest BCUT2D eigenvalue weighted by molar-refractivity contribution is 5.66. The molecule has 2 rings (SSSR count). The van der Waals surface area contributed by atoms with Crippen LogP contribution < -0.4 is 19.5 Å². The zero-order valence-electron chi connectivity index (χ0n) is 9.39. The first-order valence-electron chi connectivity index (χ1n) is 5.14. The molecule has 92 valence electrons. The summed E-state index contributed by atoms with van der Waals surface area (Å²) in [6.45, 7) is 0.971. The van der Waals surface area contributed by atoms with Crippen molar-refractivity contribution in [1.29, 1.82) is 0 Å². The Kier molecular flexibility index (Phi) is 3.54. The van der Waals surface area contributed by atoms with E-state index in [1.165, 1.54) is 7.11 Å². The minimum atomic E-state index is -0.473. The van der Waals surface area contributed by atoms with Crippen LogP contribution in [0.5, 0.6) is 17.2 Å². The number of hydrogen-bond acceptors (Lipinski definition) is 5. The van der Waals surface area contributed by atoms with Gasteiger partial charge in [-0.25, -0.2) is 4.79 Å². The number of rotatable bonds is 4. The number of carbonyl (C=O) groups is 1. The Bertz CT molecular complexity index is 407. The predicted octanol–water partition coefficient (Wildman–Crippen LogP) is 1.15. The molecule has 6 heteroatoms. The lowest BCUT2D eigenvalue weighted by molar-refractivity contribution is 0.168. The molecule has 1 heterocycles. The second kappa shape index (κ2) is 5.29. The maximum absolute atomic E-state index is 10.8. The lowest BCUT2D eigenvalue weighted by Gasteiger charge is -2.07. The molecule has 1 aromatic carbocycles. The number of nitrogens with one attached hydrogen (secondary N) is 1. The van der Waals surface area contributed by atoms with E-state index in [0.717, 1.165) is 0 Å². The predicted molar refractivity (Wildman–Crippen MR) is 58.5 cm³/mol. The molecule has 0 fully saturated rings. The largest absolute Gasteiger partial charge is 0.492 e. The third-order valence-corrected chi connectivity index (χ3v) is 2.17. The van der Waals surface area contributed by atoms with E-state index >= 15 is 0 Å². The van der Waals surface area contributed by atoms with Crippen molar-refractivity contribution >= 4 is 6.09 Å². The van der Waals surface area contributed by atoms with Gasteiger partial charge < -0.3 is 24.3 Å². The zero-order valence-corrected chi connectivity index (χ0v) is 9.39. The van der Waals surface area contributed by atoms with Crippen LogP contribution in [0.4, 0.5) is 4.79 Å². The molecule has 0 aromatic heterocycles. The fourth-order valence-corrected chi connectivity index (χ4v) is 1.36. The summed E-state index contributed by atoms with van der Waals surface area (Å²) >= 11 is 0. The maximum Gasteiger partial charge on any atom is 0.406 e. The summed E-state index contributed by atoms with van der Waals surface area (Å²) in [6.07, 6.45) is -0.473. The second-order valence-electron chi connectivity index (χ2n) is 3.28. The van der Waals surface area contributed by atoms with E-state index in [2.05, 4.69) is 10.1 Å². The van der Waals surface area contributed by atoms with E-state index < -0.39 is 6.09 Å². The quantitative estimate of drug-likeness (QED) is 0.798. The van der Waals surface area contributed by atoms with Gasteiger partial charge in [-0.1, -0.05) is 0 Å². The average Bonchev–Trinajstić information content (AvgIpc) is 2.81. The molecule has 1 aromatic rings. The van der Waals surface area contributed by atoms with E-state index in [9.17, 15) is 4.79 Å². The van der Waals surface area contributed by atoms with Crippen molar-refractivity contribution in [3.8, 4) is 17.2 Å². The molecular weight excluding hydrogens is 226 g/mol. The smallest absolute Gasteiger partial charge is 0.406 e. The van der Waals surface area contributed by atoms with Gasteiger partial charge >= 0.3 is 6.09 Å². The standard InChI is InChI=1S/C11H13NO5/c1-14-11(13)12-4-5-15-8-2-3-9-10(6-8)17-7-16-9/h2-3,6H,4-5,7H2,1H3,(H,12,13). The van der Waals surface area contributed by atoms with Gasteiger partial charge in [0.2, 0.25) is 6.79 Å². The van der Waals surface area contributed by atoms with Gasteiger partial charge in [0, 0.05) is 6.07 Å². The number of carbonyl (C=O) groups excluding carboxylic acids is 1. The highest BCUT2D eigenvalue weighted by atomic mass is 16.7. The molecule has 1 aliphatic heterocycles. The van der Waals surface area contributed by atoms with E-state index in [1.807, 2.05) is 0 Å². The number of fused-ring (bicyclic) bond motifs is 1. The van der Waals surface area contributed by atoms with Crippen molar-refractivity contribution in [3.05, 3.63) is 18.2 Å². The topological polar surface area (TPSA) is 66.0 Å². The molecule has 1 aliphatic rings. The number of methoxy groups -OCH3 is 1. The summed E-state index contributed by atoms with van der Waals surface area (Å²) < 4.78 is 20.2. The summed E-state index contributed by atoms with van der Waals surface area (Å²) in [5, 5.41) is 2.51.